The Hall–Kier alpha value is -0.870. The van der Waals surface area contributed by atoms with Crippen LogP contribution in [0, 0.1) is 12.8 Å². The van der Waals surface area contributed by atoms with Crippen molar-refractivity contribution in [2.75, 3.05) is 13.1 Å². The molecule has 3 nitrogen and oxygen atoms in total. The Morgan fingerprint density at radius 3 is 2.85 bits per heavy atom. The van der Waals surface area contributed by atoms with Gasteiger partial charge in [-0.2, -0.15) is 0 Å². The minimum Gasteiger partial charge on any atom is -0.321 e. The van der Waals surface area contributed by atoms with E-state index in [-0.39, 0.29) is 12.1 Å². The van der Waals surface area contributed by atoms with Crippen molar-refractivity contribution in [3.05, 3.63) is 21.9 Å². The molecule has 2 heterocycles. The molecule has 1 unspecified atom stereocenters. The summed E-state index contributed by atoms with van der Waals surface area (Å²) in [6.45, 7) is 3.52. The largest absolute Gasteiger partial charge is 0.321 e. The predicted molar refractivity (Wildman–Crippen MR) is 82.7 cm³/mol. The number of carbonyl (C=O) groups is 1. The molecule has 0 radical (unpaired) electrons. The Balaban J connectivity index is 1.56. The lowest BCUT2D eigenvalue weighted by atomic mass is 10.0. The zero-order valence-corrected chi connectivity index (χ0v) is 13.0. The van der Waals surface area contributed by atoms with Crippen molar-refractivity contribution in [2.45, 2.75) is 51.6 Å². The van der Waals surface area contributed by atoms with Gasteiger partial charge < -0.3 is 4.90 Å². The van der Waals surface area contributed by atoms with Gasteiger partial charge in [-0.15, -0.1) is 11.3 Å². The van der Waals surface area contributed by atoms with E-state index in [9.17, 15) is 4.79 Å². The van der Waals surface area contributed by atoms with Crippen molar-refractivity contribution in [3.8, 4) is 0 Å². The van der Waals surface area contributed by atoms with Crippen molar-refractivity contribution in [1.82, 2.24) is 10.2 Å². The molecule has 1 N–H and O–H groups in total. The highest BCUT2D eigenvalue weighted by Gasteiger charge is 2.32. The fourth-order valence-corrected chi connectivity index (χ4v) is 4.46. The van der Waals surface area contributed by atoms with Crippen LogP contribution in [-0.2, 0) is 4.79 Å². The predicted octanol–water partition coefficient (Wildman–Crippen LogP) is 3.46. The van der Waals surface area contributed by atoms with Crippen LogP contribution in [0.5, 0.6) is 0 Å². The average molecular weight is 292 g/mol. The van der Waals surface area contributed by atoms with Gasteiger partial charge in [-0.1, -0.05) is 25.7 Å². The minimum absolute atomic E-state index is 0.116. The summed E-state index contributed by atoms with van der Waals surface area (Å²) in [7, 11) is 0. The van der Waals surface area contributed by atoms with Crippen LogP contribution >= 0.6 is 11.3 Å². The first kappa shape index (κ1) is 14.1. The molecule has 1 aromatic heterocycles. The maximum atomic E-state index is 12.1. The smallest absolute Gasteiger partial charge is 0.238 e. The molecular formula is C16H24N2OS. The number of aryl methyl sites for hydroxylation is 1. The first-order valence-corrected chi connectivity index (χ1v) is 8.65. The van der Waals surface area contributed by atoms with Gasteiger partial charge in [0.25, 0.3) is 0 Å². The van der Waals surface area contributed by atoms with Crippen LogP contribution < -0.4 is 5.32 Å². The van der Waals surface area contributed by atoms with Crippen LogP contribution in [0.25, 0.3) is 0 Å². The maximum absolute atomic E-state index is 12.1. The van der Waals surface area contributed by atoms with Gasteiger partial charge in [-0.25, -0.2) is 0 Å². The molecule has 1 atom stereocenters. The molecule has 2 aliphatic rings. The van der Waals surface area contributed by atoms with Crippen LogP contribution in [0.2, 0.25) is 0 Å². The number of carbonyl (C=O) groups excluding carboxylic acids is 1. The Morgan fingerprint density at radius 2 is 2.15 bits per heavy atom. The summed E-state index contributed by atoms with van der Waals surface area (Å²) in [5.41, 5.74) is 0. The zero-order chi connectivity index (χ0) is 13.9. The van der Waals surface area contributed by atoms with E-state index >= 15 is 0 Å². The highest BCUT2D eigenvalue weighted by atomic mass is 32.1. The van der Waals surface area contributed by atoms with Gasteiger partial charge in [0.2, 0.25) is 5.91 Å². The Morgan fingerprint density at radius 1 is 1.35 bits per heavy atom. The van der Waals surface area contributed by atoms with E-state index in [1.807, 2.05) is 4.90 Å². The third-order valence-electron chi connectivity index (χ3n) is 4.60. The van der Waals surface area contributed by atoms with Gasteiger partial charge >= 0.3 is 0 Å². The first-order chi connectivity index (χ1) is 9.74. The Labute approximate surface area is 125 Å². The van der Waals surface area contributed by atoms with E-state index in [1.165, 1.54) is 41.9 Å². The summed E-state index contributed by atoms with van der Waals surface area (Å²) in [4.78, 5) is 16.7. The van der Waals surface area contributed by atoms with Gasteiger partial charge in [-0.05, 0) is 37.8 Å². The topological polar surface area (TPSA) is 32.3 Å². The van der Waals surface area contributed by atoms with E-state index in [2.05, 4.69) is 24.4 Å². The molecule has 1 saturated heterocycles. The van der Waals surface area contributed by atoms with Gasteiger partial charge in [0.05, 0.1) is 6.54 Å². The fraction of sp³-hybridized carbons (Fsp3) is 0.688. The molecule has 1 amide bonds. The monoisotopic (exact) mass is 292 g/mol. The highest BCUT2D eigenvalue weighted by Crippen LogP contribution is 2.31. The number of rotatable bonds is 5. The van der Waals surface area contributed by atoms with Crippen LogP contribution in [0.1, 0.15) is 54.4 Å². The quantitative estimate of drug-likeness (QED) is 0.901. The van der Waals surface area contributed by atoms with Crippen molar-refractivity contribution < 1.29 is 4.79 Å². The molecule has 2 fully saturated rings. The van der Waals surface area contributed by atoms with Crippen LogP contribution in [0.4, 0.5) is 0 Å². The molecule has 0 aromatic carbocycles. The molecule has 110 valence electrons. The molecule has 1 saturated carbocycles. The second-order valence-corrected chi connectivity index (χ2v) is 7.43. The van der Waals surface area contributed by atoms with Crippen molar-refractivity contribution in [1.29, 1.82) is 0 Å². The lowest BCUT2D eigenvalue weighted by molar-refractivity contribution is -0.128. The minimum atomic E-state index is 0.116. The summed E-state index contributed by atoms with van der Waals surface area (Å²) in [6, 6.07) is 4.29. The SMILES string of the molecule is Cc1ccc(C2NCC(=O)N2CCCC2CCCC2)s1. The van der Waals surface area contributed by atoms with E-state index in [1.54, 1.807) is 11.3 Å². The first-order valence-electron chi connectivity index (χ1n) is 7.83. The molecule has 1 aliphatic carbocycles. The van der Waals surface area contributed by atoms with Gasteiger partial charge in [0, 0.05) is 16.3 Å². The standard InChI is InChI=1S/C16H24N2OS/c1-12-8-9-14(20-12)16-17-11-15(19)18(16)10-4-7-13-5-2-3-6-13/h8-9,13,16-17H,2-7,10-11H2,1H3. The van der Waals surface area contributed by atoms with Crippen LogP contribution in [0.15, 0.2) is 12.1 Å². The van der Waals surface area contributed by atoms with E-state index in [0.29, 0.717) is 6.54 Å². The number of thiophene rings is 1. The lowest BCUT2D eigenvalue weighted by Crippen LogP contribution is -2.30. The van der Waals surface area contributed by atoms with Gasteiger partial charge in [0.1, 0.15) is 6.17 Å². The number of nitrogens with one attached hydrogen (secondary N) is 1. The number of hydrogen-bond donors (Lipinski definition) is 1. The normalized spacial score (nSPS) is 23.9. The molecule has 1 aliphatic heterocycles. The Bertz CT molecular complexity index is 465. The molecule has 3 rings (SSSR count). The van der Waals surface area contributed by atoms with Crippen LogP contribution in [-0.4, -0.2) is 23.9 Å². The molecule has 0 spiro atoms. The van der Waals surface area contributed by atoms with Gasteiger partial charge in [-0.3, -0.25) is 10.1 Å². The fourth-order valence-electron chi connectivity index (χ4n) is 3.50. The van der Waals surface area contributed by atoms with E-state index in [0.717, 1.165) is 18.9 Å². The average Bonchev–Trinajstić information content (AvgIpc) is 3.13. The molecular weight excluding hydrogens is 268 g/mol. The van der Waals surface area contributed by atoms with Crippen LogP contribution in [0.3, 0.4) is 0 Å². The molecule has 20 heavy (non-hydrogen) atoms. The highest BCUT2D eigenvalue weighted by molar-refractivity contribution is 7.12. The third kappa shape index (κ3) is 3.07. The Kier molecular flexibility index (Phi) is 4.41. The van der Waals surface area contributed by atoms with Crippen molar-refractivity contribution in [3.63, 3.8) is 0 Å². The molecule has 1 aromatic rings. The summed E-state index contributed by atoms with van der Waals surface area (Å²) in [5.74, 6) is 1.18. The second kappa shape index (κ2) is 6.27. The second-order valence-electron chi connectivity index (χ2n) is 6.11. The van der Waals surface area contributed by atoms with Crippen molar-refractivity contribution in [2.24, 2.45) is 5.92 Å². The maximum Gasteiger partial charge on any atom is 0.238 e. The van der Waals surface area contributed by atoms with E-state index in [4.69, 9.17) is 0 Å². The number of hydrogen-bond acceptors (Lipinski definition) is 3. The summed E-state index contributed by atoms with van der Waals surface area (Å²) in [5, 5.41) is 3.35. The summed E-state index contributed by atoms with van der Waals surface area (Å²) in [6.07, 6.45) is 8.18. The van der Waals surface area contributed by atoms with E-state index < -0.39 is 0 Å². The lowest BCUT2D eigenvalue weighted by Gasteiger charge is -2.24. The van der Waals surface area contributed by atoms with Gasteiger partial charge in [0.15, 0.2) is 0 Å². The third-order valence-corrected chi connectivity index (χ3v) is 5.65. The van der Waals surface area contributed by atoms with Crippen molar-refractivity contribution >= 4 is 17.2 Å². The summed E-state index contributed by atoms with van der Waals surface area (Å²) < 4.78 is 0. The molecule has 0 bridgehead atoms. The molecule has 4 heteroatoms. The number of nitrogens with zero attached hydrogens (tertiary/aromatic N) is 1. The summed E-state index contributed by atoms with van der Waals surface area (Å²) >= 11 is 1.79. The zero-order valence-electron chi connectivity index (χ0n) is 12.2. The number of amides is 1.